The minimum absolute atomic E-state index is 0.420. The average Bonchev–Trinajstić information content (AvgIpc) is 2.88. The Morgan fingerprint density at radius 2 is 2.25 bits per heavy atom. The van der Waals surface area contributed by atoms with Crippen LogP contribution in [0.25, 0.3) is 0 Å². The number of nitrogens with one attached hydrogen (secondary N) is 2. The molecule has 1 atom stereocenters. The van der Waals surface area contributed by atoms with Crippen molar-refractivity contribution in [3.05, 3.63) is 21.9 Å². The van der Waals surface area contributed by atoms with E-state index in [1.165, 1.54) is 5.56 Å². The predicted octanol–water partition coefficient (Wildman–Crippen LogP) is 2.32. The zero-order chi connectivity index (χ0) is 15.0. The number of carbonyl (C=O) groups is 2. The number of carboxylic acids is 1. The molecular formula is C13H20N2O3S2. The largest absolute Gasteiger partial charge is 0.480 e. The van der Waals surface area contributed by atoms with E-state index in [4.69, 9.17) is 5.11 Å². The van der Waals surface area contributed by atoms with Crippen molar-refractivity contribution >= 4 is 35.1 Å². The van der Waals surface area contributed by atoms with Crippen LogP contribution in [0, 0.1) is 0 Å². The molecule has 1 aromatic rings. The van der Waals surface area contributed by atoms with E-state index in [1.807, 2.05) is 17.7 Å². The summed E-state index contributed by atoms with van der Waals surface area (Å²) in [6.45, 7) is 2.50. The van der Waals surface area contributed by atoms with Crippen molar-refractivity contribution in [3.63, 3.8) is 0 Å². The minimum Gasteiger partial charge on any atom is -0.480 e. The molecular weight excluding hydrogens is 296 g/mol. The molecule has 0 spiro atoms. The molecule has 2 amide bonds. The van der Waals surface area contributed by atoms with E-state index in [0.717, 1.165) is 11.3 Å². The number of carboxylic acid groups (broad SMARTS) is 1. The van der Waals surface area contributed by atoms with Gasteiger partial charge < -0.3 is 15.7 Å². The summed E-state index contributed by atoms with van der Waals surface area (Å²) in [5.74, 6) is -0.304. The Morgan fingerprint density at radius 1 is 1.50 bits per heavy atom. The number of thiophene rings is 1. The van der Waals surface area contributed by atoms with Gasteiger partial charge in [0.25, 0.3) is 0 Å². The first-order valence-electron chi connectivity index (χ1n) is 6.39. The smallest absolute Gasteiger partial charge is 0.326 e. The molecule has 0 unspecified atom stereocenters. The Kier molecular flexibility index (Phi) is 7.46. The van der Waals surface area contributed by atoms with Crippen LogP contribution in [0.4, 0.5) is 4.79 Å². The highest BCUT2D eigenvalue weighted by atomic mass is 32.2. The summed E-state index contributed by atoms with van der Waals surface area (Å²) in [6, 6.07) is 0.767. The van der Waals surface area contributed by atoms with Gasteiger partial charge in [-0.1, -0.05) is 6.92 Å². The van der Waals surface area contributed by atoms with Gasteiger partial charge in [-0.15, -0.1) is 11.3 Å². The van der Waals surface area contributed by atoms with Crippen LogP contribution in [0.1, 0.15) is 23.8 Å². The van der Waals surface area contributed by atoms with E-state index in [0.29, 0.717) is 18.7 Å². The maximum Gasteiger partial charge on any atom is 0.326 e. The van der Waals surface area contributed by atoms with Gasteiger partial charge in [0.2, 0.25) is 0 Å². The fourth-order valence-electron chi connectivity index (χ4n) is 1.70. The third-order valence-electron chi connectivity index (χ3n) is 2.84. The number of amides is 2. The lowest BCUT2D eigenvalue weighted by atomic mass is 10.2. The Hall–Kier alpha value is -1.21. The zero-order valence-electron chi connectivity index (χ0n) is 11.6. The molecule has 0 aliphatic carbocycles. The van der Waals surface area contributed by atoms with Crippen molar-refractivity contribution in [2.45, 2.75) is 32.4 Å². The Morgan fingerprint density at radius 3 is 2.85 bits per heavy atom. The number of aryl methyl sites for hydroxylation is 1. The van der Waals surface area contributed by atoms with Crippen LogP contribution in [-0.2, 0) is 17.8 Å². The highest BCUT2D eigenvalue weighted by molar-refractivity contribution is 7.98. The fraction of sp³-hybridized carbons (Fsp3) is 0.538. The van der Waals surface area contributed by atoms with E-state index in [-0.39, 0.29) is 0 Å². The number of hydrogen-bond acceptors (Lipinski definition) is 4. The summed E-state index contributed by atoms with van der Waals surface area (Å²) < 4.78 is 0. The normalized spacial score (nSPS) is 11.9. The highest BCUT2D eigenvalue weighted by Crippen LogP contribution is 2.16. The maximum atomic E-state index is 11.7. The topological polar surface area (TPSA) is 78.4 Å². The molecule has 0 fully saturated rings. The summed E-state index contributed by atoms with van der Waals surface area (Å²) >= 11 is 3.15. The Labute approximate surface area is 127 Å². The minimum atomic E-state index is -1.00. The predicted molar refractivity (Wildman–Crippen MR) is 83.5 cm³/mol. The third kappa shape index (κ3) is 5.42. The van der Waals surface area contributed by atoms with Gasteiger partial charge in [-0.25, -0.2) is 9.59 Å². The van der Waals surface area contributed by atoms with Crippen molar-refractivity contribution in [2.24, 2.45) is 0 Å². The zero-order valence-corrected chi connectivity index (χ0v) is 13.3. The number of carbonyl (C=O) groups excluding carboxylic acids is 1. The summed E-state index contributed by atoms with van der Waals surface area (Å²) in [5.41, 5.74) is 1.22. The average molecular weight is 316 g/mol. The van der Waals surface area contributed by atoms with Gasteiger partial charge in [0, 0.05) is 4.88 Å². The molecule has 0 saturated carbocycles. The van der Waals surface area contributed by atoms with Crippen LogP contribution in [-0.4, -0.2) is 35.2 Å². The van der Waals surface area contributed by atoms with Crippen molar-refractivity contribution in [1.29, 1.82) is 0 Å². The molecule has 1 rings (SSSR count). The van der Waals surface area contributed by atoms with Crippen molar-refractivity contribution < 1.29 is 14.7 Å². The molecule has 0 aromatic carbocycles. The Bertz CT molecular complexity index is 449. The standard InChI is InChI=1S/C13H20N2O3S2/c1-3-9-4-7-20-11(9)8-14-13(18)15-10(12(16)17)5-6-19-2/h4,7,10H,3,5-6,8H2,1-2H3,(H,16,17)(H2,14,15,18)/t10-/m1/s1. The molecule has 3 N–H and O–H groups in total. The van der Waals surface area contributed by atoms with Crippen LogP contribution in [0.2, 0.25) is 0 Å². The Balaban J connectivity index is 2.43. The molecule has 0 saturated heterocycles. The van der Waals surface area contributed by atoms with Crippen molar-refractivity contribution in [2.75, 3.05) is 12.0 Å². The molecule has 0 radical (unpaired) electrons. The SMILES string of the molecule is CCc1ccsc1CNC(=O)N[C@H](CCSC)C(=O)O. The number of rotatable bonds is 8. The number of urea groups is 1. The second-order valence-corrected chi connectivity index (χ2v) is 6.21. The first-order chi connectivity index (χ1) is 9.58. The van der Waals surface area contributed by atoms with Gasteiger partial charge >= 0.3 is 12.0 Å². The van der Waals surface area contributed by atoms with Crippen molar-refractivity contribution in [3.8, 4) is 0 Å². The van der Waals surface area contributed by atoms with Crippen molar-refractivity contribution in [1.82, 2.24) is 10.6 Å². The van der Waals surface area contributed by atoms with Gasteiger partial charge in [0.15, 0.2) is 0 Å². The van der Waals surface area contributed by atoms with Crippen LogP contribution in [0.15, 0.2) is 11.4 Å². The number of aliphatic carboxylic acids is 1. The lowest BCUT2D eigenvalue weighted by Crippen LogP contribution is -2.46. The van der Waals surface area contributed by atoms with Gasteiger partial charge in [-0.3, -0.25) is 0 Å². The highest BCUT2D eigenvalue weighted by Gasteiger charge is 2.19. The van der Waals surface area contributed by atoms with E-state index in [2.05, 4.69) is 17.6 Å². The second kappa shape index (κ2) is 8.86. The number of hydrogen-bond donors (Lipinski definition) is 3. The van der Waals surface area contributed by atoms with E-state index in [1.54, 1.807) is 23.1 Å². The fourth-order valence-corrected chi connectivity index (χ4v) is 3.09. The summed E-state index contributed by atoms with van der Waals surface area (Å²) in [7, 11) is 0. The molecule has 0 bridgehead atoms. The molecule has 112 valence electrons. The second-order valence-electron chi connectivity index (χ2n) is 4.22. The van der Waals surface area contributed by atoms with E-state index in [9.17, 15) is 9.59 Å². The lowest BCUT2D eigenvalue weighted by molar-refractivity contribution is -0.139. The monoisotopic (exact) mass is 316 g/mol. The summed E-state index contributed by atoms with van der Waals surface area (Å²) in [6.07, 6.45) is 3.25. The third-order valence-corrected chi connectivity index (χ3v) is 4.45. The maximum absolute atomic E-state index is 11.7. The van der Waals surface area contributed by atoms with Gasteiger partial charge in [-0.05, 0) is 41.9 Å². The van der Waals surface area contributed by atoms with Crippen LogP contribution in [0.3, 0.4) is 0 Å². The lowest BCUT2D eigenvalue weighted by Gasteiger charge is -2.14. The van der Waals surface area contributed by atoms with Crippen LogP contribution < -0.4 is 10.6 Å². The molecule has 20 heavy (non-hydrogen) atoms. The molecule has 1 aromatic heterocycles. The van der Waals surface area contributed by atoms with Crippen LogP contribution >= 0.6 is 23.1 Å². The number of thioether (sulfide) groups is 1. The van der Waals surface area contributed by atoms with Gasteiger partial charge in [-0.2, -0.15) is 11.8 Å². The van der Waals surface area contributed by atoms with Gasteiger partial charge in [0.05, 0.1) is 6.54 Å². The molecule has 1 heterocycles. The quantitative estimate of drug-likeness (QED) is 0.688. The van der Waals surface area contributed by atoms with Gasteiger partial charge in [0.1, 0.15) is 6.04 Å². The summed E-state index contributed by atoms with van der Waals surface area (Å²) in [4.78, 5) is 23.9. The van der Waals surface area contributed by atoms with E-state index < -0.39 is 18.0 Å². The molecule has 5 nitrogen and oxygen atoms in total. The molecule has 7 heteroatoms. The first kappa shape index (κ1) is 16.8. The molecule has 0 aliphatic heterocycles. The van der Waals surface area contributed by atoms with Crippen LogP contribution in [0.5, 0.6) is 0 Å². The van der Waals surface area contributed by atoms with E-state index >= 15 is 0 Å². The molecule has 0 aliphatic rings. The summed E-state index contributed by atoms with van der Waals surface area (Å²) in [5, 5.41) is 16.2. The first-order valence-corrected chi connectivity index (χ1v) is 8.67.